The minimum absolute atomic E-state index is 0.0551. The van der Waals surface area contributed by atoms with E-state index in [9.17, 15) is 4.79 Å². The maximum absolute atomic E-state index is 12.0. The van der Waals surface area contributed by atoms with Crippen LogP contribution in [0.3, 0.4) is 0 Å². The van der Waals surface area contributed by atoms with Crippen LogP contribution in [0, 0.1) is 13.8 Å². The summed E-state index contributed by atoms with van der Waals surface area (Å²) in [6.45, 7) is 5.59. The van der Waals surface area contributed by atoms with E-state index in [4.69, 9.17) is 4.74 Å². The predicted molar refractivity (Wildman–Crippen MR) is 79.7 cm³/mol. The average molecular weight is 277 g/mol. The molecule has 1 aliphatic rings. The molecule has 1 saturated heterocycles. The van der Waals surface area contributed by atoms with E-state index >= 15 is 0 Å². The smallest absolute Gasteiger partial charge is 0.411 e. The van der Waals surface area contributed by atoms with Crippen molar-refractivity contribution in [3.8, 4) is 0 Å². The van der Waals surface area contributed by atoms with Crippen LogP contribution in [0.25, 0.3) is 0 Å². The van der Waals surface area contributed by atoms with Gasteiger partial charge in [-0.1, -0.05) is 18.2 Å². The molecule has 0 spiro atoms. The van der Waals surface area contributed by atoms with Crippen molar-refractivity contribution in [3.05, 3.63) is 29.3 Å². The van der Waals surface area contributed by atoms with Crippen molar-refractivity contribution in [2.45, 2.75) is 26.4 Å². The number of nitrogens with one attached hydrogen (secondary N) is 1. The van der Waals surface area contributed by atoms with E-state index in [2.05, 4.69) is 15.3 Å². The van der Waals surface area contributed by atoms with Crippen LogP contribution in [0.4, 0.5) is 10.5 Å². The Morgan fingerprint density at radius 2 is 1.90 bits per heavy atom. The molecular formula is C15H23N3O2. The van der Waals surface area contributed by atoms with Gasteiger partial charge < -0.3 is 4.74 Å². The van der Waals surface area contributed by atoms with Crippen LogP contribution in [-0.4, -0.2) is 49.4 Å². The number of para-hydroxylation sites is 1. The molecule has 5 nitrogen and oxygen atoms in total. The van der Waals surface area contributed by atoms with E-state index in [-0.39, 0.29) is 12.2 Å². The standard InChI is InChI=1S/C15H23N3O2/c1-11-6-5-7-12(2)14(11)16-15(19)20-13-8-9-17(3)18(4)10-13/h5-7,13H,8-10H2,1-4H3,(H,16,19). The van der Waals surface area contributed by atoms with Gasteiger partial charge in [-0.3, -0.25) is 5.32 Å². The van der Waals surface area contributed by atoms with Crippen molar-refractivity contribution in [2.75, 3.05) is 32.5 Å². The van der Waals surface area contributed by atoms with Gasteiger partial charge in [-0.25, -0.2) is 14.8 Å². The molecule has 1 fully saturated rings. The average Bonchev–Trinajstić information content (AvgIpc) is 2.38. The maximum Gasteiger partial charge on any atom is 0.411 e. The second-order valence-electron chi connectivity index (χ2n) is 5.43. The van der Waals surface area contributed by atoms with Crippen molar-refractivity contribution in [1.29, 1.82) is 0 Å². The first kappa shape index (κ1) is 14.8. The molecule has 1 unspecified atom stereocenters. The summed E-state index contributed by atoms with van der Waals surface area (Å²) in [7, 11) is 4.03. The molecule has 0 bridgehead atoms. The molecule has 1 atom stereocenters. The van der Waals surface area contributed by atoms with E-state index in [1.54, 1.807) is 0 Å². The molecular weight excluding hydrogens is 254 g/mol. The van der Waals surface area contributed by atoms with Gasteiger partial charge in [0.25, 0.3) is 0 Å². The molecule has 1 heterocycles. The van der Waals surface area contributed by atoms with Crippen LogP contribution in [0.15, 0.2) is 18.2 Å². The highest BCUT2D eigenvalue weighted by molar-refractivity contribution is 5.86. The first-order valence-electron chi connectivity index (χ1n) is 6.93. The number of hydrazine groups is 1. The summed E-state index contributed by atoms with van der Waals surface area (Å²) in [5, 5.41) is 7.06. The topological polar surface area (TPSA) is 44.8 Å². The van der Waals surface area contributed by atoms with Crippen molar-refractivity contribution >= 4 is 11.8 Å². The van der Waals surface area contributed by atoms with Crippen LogP contribution in [0.1, 0.15) is 17.5 Å². The molecule has 0 radical (unpaired) electrons. The Morgan fingerprint density at radius 1 is 1.25 bits per heavy atom. The highest BCUT2D eigenvalue weighted by Crippen LogP contribution is 2.20. The Labute approximate surface area is 120 Å². The number of benzene rings is 1. The number of carbonyl (C=O) groups excluding carboxylic acids is 1. The minimum Gasteiger partial charge on any atom is -0.445 e. The number of likely N-dealkylation sites (N-methyl/N-ethyl adjacent to an activating group) is 1. The number of anilines is 1. The van der Waals surface area contributed by atoms with E-state index in [0.717, 1.165) is 36.3 Å². The lowest BCUT2D eigenvalue weighted by Crippen LogP contribution is -2.49. The molecule has 1 aromatic rings. The molecule has 5 heteroatoms. The lowest BCUT2D eigenvalue weighted by Gasteiger charge is -2.36. The molecule has 1 N–H and O–H groups in total. The van der Waals surface area contributed by atoms with E-state index in [0.29, 0.717) is 0 Å². The van der Waals surface area contributed by atoms with Gasteiger partial charge in [0.1, 0.15) is 6.10 Å². The van der Waals surface area contributed by atoms with Crippen LogP contribution in [0.5, 0.6) is 0 Å². The largest absolute Gasteiger partial charge is 0.445 e. The zero-order chi connectivity index (χ0) is 14.7. The summed E-state index contributed by atoms with van der Waals surface area (Å²) in [5.41, 5.74) is 2.93. The van der Waals surface area contributed by atoms with Crippen molar-refractivity contribution in [1.82, 2.24) is 10.0 Å². The zero-order valence-corrected chi connectivity index (χ0v) is 12.6. The summed E-state index contributed by atoms with van der Waals surface area (Å²) in [4.78, 5) is 12.0. The summed E-state index contributed by atoms with van der Waals surface area (Å²) in [5.74, 6) is 0. The van der Waals surface area contributed by atoms with Crippen LogP contribution in [-0.2, 0) is 4.74 Å². The molecule has 1 aromatic carbocycles. The first-order valence-corrected chi connectivity index (χ1v) is 6.93. The van der Waals surface area contributed by atoms with Gasteiger partial charge in [-0.05, 0) is 31.4 Å². The number of rotatable bonds is 2. The molecule has 0 saturated carbocycles. The van der Waals surface area contributed by atoms with Crippen molar-refractivity contribution in [2.24, 2.45) is 0 Å². The Kier molecular flexibility index (Phi) is 4.62. The highest BCUT2D eigenvalue weighted by atomic mass is 16.6. The molecule has 1 amide bonds. The molecule has 20 heavy (non-hydrogen) atoms. The monoisotopic (exact) mass is 277 g/mol. The summed E-state index contributed by atoms with van der Waals surface area (Å²) in [6, 6.07) is 5.94. The van der Waals surface area contributed by atoms with Gasteiger partial charge in [0.05, 0.1) is 6.54 Å². The van der Waals surface area contributed by atoms with Gasteiger partial charge in [0.2, 0.25) is 0 Å². The molecule has 1 aliphatic heterocycles. The second kappa shape index (κ2) is 6.24. The molecule has 2 rings (SSSR count). The zero-order valence-electron chi connectivity index (χ0n) is 12.6. The Morgan fingerprint density at radius 3 is 2.50 bits per heavy atom. The maximum atomic E-state index is 12.0. The first-order chi connectivity index (χ1) is 9.47. The quantitative estimate of drug-likeness (QED) is 0.901. The predicted octanol–water partition coefficient (Wildman–Crippen LogP) is 2.40. The third kappa shape index (κ3) is 3.49. The van der Waals surface area contributed by atoms with E-state index < -0.39 is 0 Å². The van der Waals surface area contributed by atoms with Gasteiger partial charge >= 0.3 is 6.09 Å². The Hall–Kier alpha value is -1.59. The van der Waals surface area contributed by atoms with Crippen LogP contribution >= 0.6 is 0 Å². The van der Waals surface area contributed by atoms with E-state index in [1.165, 1.54) is 0 Å². The van der Waals surface area contributed by atoms with E-state index in [1.807, 2.05) is 46.1 Å². The molecule has 0 aliphatic carbocycles. The van der Waals surface area contributed by atoms with Crippen LogP contribution in [0.2, 0.25) is 0 Å². The number of nitrogens with zero attached hydrogens (tertiary/aromatic N) is 2. The molecule has 110 valence electrons. The summed E-state index contributed by atoms with van der Waals surface area (Å²) < 4.78 is 5.51. The van der Waals surface area contributed by atoms with Gasteiger partial charge in [-0.2, -0.15) is 0 Å². The third-order valence-electron chi connectivity index (χ3n) is 3.81. The number of amides is 1. The fraction of sp³-hybridized carbons (Fsp3) is 0.533. The fourth-order valence-electron chi connectivity index (χ4n) is 2.42. The SMILES string of the molecule is Cc1cccc(C)c1NC(=O)OC1CCN(C)N(C)C1. The lowest BCUT2D eigenvalue weighted by molar-refractivity contribution is -0.0597. The highest BCUT2D eigenvalue weighted by Gasteiger charge is 2.24. The minimum atomic E-state index is -0.370. The number of hydrogen-bond donors (Lipinski definition) is 1. The second-order valence-corrected chi connectivity index (χ2v) is 5.43. The Balaban J connectivity index is 1.93. The summed E-state index contributed by atoms with van der Waals surface area (Å²) in [6.07, 6.45) is 0.437. The number of ether oxygens (including phenoxy) is 1. The number of carbonyl (C=O) groups is 1. The number of hydrogen-bond acceptors (Lipinski definition) is 4. The number of aryl methyl sites for hydroxylation is 2. The lowest BCUT2D eigenvalue weighted by atomic mass is 10.1. The fourth-order valence-corrected chi connectivity index (χ4v) is 2.42. The van der Waals surface area contributed by atoms with Crippen molar-refractivity contribution < 1.29 is 9.53 Å². The van der Waals surface area contributed by atoms with Gasteiger partial charge in [0, 0.05) is 26.3 Å². The van der Waals surface area contributed by atoms with Gasteiger partial charge in [0.15, 0.2) is 0 Å². The van der Waals surface area contributed by atoms with Crippen molar-refractivity contribution in [3.63, 3.8) is 0 Å². The van der Waals surface area contributed by atoms with Crippen LogP contribution < -0.4 is 5.32 Å². The summed E-state index contributed by atoms with van der Waals surface area (Å²) >= 11 is 0. The normalized spacial score (nSPS) is 20.7. The van der Waals surface area contributed by atoms with Gasteiger partial charge in [-0.15, -0.1) is 0 Å². The Bertz CT molecular complexity index is 470. The molecule has 0 aromatic heterocycles. The third-order valence-corrected chi connectivity index (χ3v) is 3.81.